The van der Waals surface area contributed by atoms with Crippen LogP contribution in [0.3, 0.4) is 0 Å². The Labute approximate surface area is 131 Å². The number of nitrogens with one attached hydrogen (secondary N) is 1. The third-order valence-corrected chi connectivity index (χ3v) is 3.94. The van der Waals surface area contributed by atoms with E-state index in [1.807, 2.05) is 22.6 Å². The van der Waals surface area contributed by atoms with Gasteiger partial charge in [0.25, 0.3) is 5.91 Å². The lowest BCUT2D eigenvalue weighted by molar-refractivity contribution is 0.102. The molecule has 0 aliphatic carbocycles. The topological polar surface area (TPSA) is 49.3 Å². The van der Waals surface area contributed by atoms with Gasteiger partial charge in [-0.1, -0.05) is 0 Å². The Kier molecular flexibility index (Phi) is 4.41. The Bertz CT molecular complexity index is 649. The number of rotatable bonds is 2. The van der Waals surface area contributed by atoms with Gasteiger partial charge >= 0.3 is 0 Å². The summed E-state index contributed by atoms with van der Waals surface area (Å²) < 4.78 is 14.3. The van der Waals surface area contributed by atoms with Gasteiger partial charge in [-0.2, -0.15) is 0 Å². The summed E-state index contributed by atoms with van der Waals surface area (Å²) >= 11 is 5.00. The number of benzene rings is 2. The highest BCUT2D eigenvalue weighted by molar-refractivity contribution is 14.1. The fraction of sp³-hybridized carbons (Fsp3) is 0. The zero-order valence-electron chi connectivity index (χ0n) is 9.45. The summed E-state index contributed by atoms with van der Waals surface area (Å²) in [4.78, 5) is 11.9. The van der Waals surface area contributed by atoms with Gasteiger partial charge in [0.2, 0.25) is 0 Å². The Morgan fingerprint density at radius 2 is 2.00 bits per heavy atom. The summed E-state index contributed by atoms with van der Waals surface area (Å²) in [7, 11) is 0. The van der Waals surface area contributed by atoms with E-state index in [-0.39, 0.29) is 5.75 Å². The second kappa shape index (κ2) is 5.87. The zero-order valence-corrected chi connectivity index (χ0v) is 13.2. The molecule has 0 aromatic heterocycles. The first-order chi connectivity index (χ1) is 8.97. The van der Waals surface area contributed by atoms with Gasteiger partial charge in [-0.25, -0.2) is 4.39 Å². The van der Waals surface area contributed by atoms with Crippen molar-refractivity contribution in [3.8, 4) is 5.75 Å². The first-order valence-electron chi connectivity index (χ1n) is 5.22. The minimum absolute atomic E-state index is 0.0373. The van der Waals surface area contributed by atoms with E-state index >= 15 is 0 Å². The average Bonchev–Trinajstić information content (AvgIpc) is 2.37. The number of carbonyl (C=O) groups is 1. The number of hydrogen-bond donors (Lipinski definition) is 2. The van der Waals surface area contributed by atoms with Crippen molar-refractivity contribution < 1.29 is 14.3 Å². The van der Waals surface area contributed by atoms with Crippen molar-refractivity contribution in [2.45, 2.75) is 0 Å². The van der Waals surface area contributed by atoms with Gasteiger partial charge < -0.3 is 10.4 Å². The zero-order chi connectivity index (χ0) is 14.0. The maximum atomic E-state index is 13.3. The number of hydrogen-bond acceptors (Lipinski definition) is 2. The first kappa shape index (κ1) is 14.3. The van der Waals surface area contributed by atoms with Gasteiger partial charge in [-0.3, -0.25) is 4.79 Å². The molecule has 3 nitrogen and oxygen atoms in total. The quantitative estimate of drug-likeness (QED) is 0.696. The lowest BCUT2D eigenvalue weighted by Crippen LogP contribution is -2.12. The smallest absolute Gasteiger partial charge is 0.255 e. The van der Waals surface area contributed by atoms with E-state index in [0.29, 0.717) is 19.3 Å². The Balaban J connectivity index is 2.20. The van der Waals surface area contributed by atoms with E-state index in [1.54, 1.807) is 18.2 Å². The summed E-state index contributed by atoms with van der Waals surface area (Å²) in [5.74, 6) is -0.827. The van der Waals surface area contributed by atoms with Crippen molar-refractivity contribution >= 4 is 50.1 Å². The van der Waals surface area contributed by atoms with Crippen molar-refractivity contribution in [1.29, 1.82) is 0 Å². The lowest BCUT2D eigenvalue weighted by Gasteiger charge is -2.07. The molecule has 98 valence electrons. The third-order valence-electron chi connectivity index (χ3n) is 2.39. The summed E-state index contributed by atoms with van der Waals surface area (Å²) in [5.41, 5.74) is 0.657. The Morgan fingerprint density at radius 3 is 2.63 bits per heavy atom. The number of phenols is 1. The number of anilines is 1. The standard InChI is InChI=1S/C13H8BrFINO2/c14-9-3-2-8(6-10(9)15)17-13(19)7-1-4-11(16)12(18)5-7/h1-6,18H,(H,17,19). The molecule has 0 atom stereocenters. The molecule has 6 heteroatoms. The van der Waals surface area contributed by atoms with Crippen LogP contribution in [-0.4, -0.2) is 11.0 Å². The van der Waals surface area contributed by atoms with E-state index in [2.05, 4.69) is 21.2 Å². The van der Waals surface area contributed by atoms with Crippen LogP contribution in [0.5, 0.6) is 5.75 Å². The maximum absolute atomic E-state index is 13.3. The predicted molar refractivity (Wildman–Crippen MR) is 82.9 cm³/mol. The molecule has 2 aromatic rings. The van der Waals surface area contributed by atoms with E-state index < -0.39 is 11.7 Å². The largest absolute Gasteiger partial charge is 0.507 e. The van der Waals surface area contributed by atoms with Gasteiger partial charge in [-0.15, -0.1) is 0 Å². The van der Waals surface area contributed by atoms with E-state index in [1.165, 1.54) is 18.2 Å². The van der Waals surface area contributed by atoms with Crippen LogP contribution in [0.15, 0.2) is 40.9 Å². The molecule has 0 saturated carbocycles. The molecule has 2 N–H and O–H groups in total. The Hall–Kier alpha value is -1.15. The first-order valence-corrected chi connectivity index (χ1v) is 7.09. The molecule has 0 heterocycles. The van der Waals surface area contributed by atoms with Crippen molar-refractivity contribution in [1.82, 2.24) is 0 Å². The summed E-state index contributed by atoms with van der Waals surface area (Å²) in [6, 6.07) is 8.90. The monoisotopic (exact) mass is 435 g/mol. The Morgan fingerprint density at radius 1 is 1.26 bits per heavy atom. The van der Waals surface area contributed by atoms with Crippen molar-refractivity contribution in [2.24, 2.45) is 0 Å². The number of carbonyl (C=O) groups excluding carboxylic acids is 1. The molecule has 0 fully saturated rings. The maximum Gasteiger partial charge on any atom is 0.255 e. The molecule has 2 rings (SSSR count). The number of phenolic OH excluding ortho intramolecular Hbond substituents is 1. The van der Waals surface area contributed by atoms with Crippen molar-refractivity contribution in [3.63, 3.8) is 0 Å². The fourth-order valence-electron chi connectivity index (χ4n) is 1.43. The molecular weight excluding hydrogens is 428 g/mol. The molecule has 2 aromatic carbocycles. The molecule has 0 saturated heterocycles. The second-order valence-corrected chi connectivity index (χ2v) is 5.77. The molecule has 0 aliphatic heterocycles. The van der Waals surface area contributed by atoms with Gasteiger partial charge in [-0.05, 0) is 74.9 Å². The SMILES string of the molecule is O=C(Nc1ccc(Br)c(F)c1)c1ccc(I)c(O)c1. The van der Waals surface area contributed by atoms with E-state index in [0.717, 1.165) is 0 Å². The molecule has 19 heavy (non-hydrogen) atoms. The van der Waals surface area contributed by atoms with Crippen LogP contribution in [0, 0.1) is 9.39 Å². The minimum Gasteiger partial charge on any atom is -0.507 e. The summed E-state index contributed by atoms with van der Waals surface area (Å²) in [6.45, 7) is 0. The number of amides is 1. The van der Waals surface area contributed by atoms with E-state index in [4.69, 9.17) is 0 Å². The van der Waals surface area contributed by atoms with Gasteiger partial charge in [0.05, 0.1) is 8.04 Å². The molecule has 0 spiro atoms. The van der Waals surface area contributed by atoms with Crippen molar-refractivity contribution in [2.75, 3.05) is 5.32 Å². The average molecular weight is 436 g/mol. The van der Waals surface area contributed by atoms with Gasteiger partial charge in [0.15, 0.2) is 0 Å². The molecule has 0 aliphatic rings. The molecule has 1 amide bonds. The van der Waals surface area contributed by atoms with Crippen LogP contribution in [-0.2, 0) is 0 Å². The highest BCUT2D eigenvalue weighted by Crippen LogP contribution is 2.22. The van der Waals surface area contributed by atoms with Crippen LogP contribution >= 0.6 is 38.5 Å². The van der Waals surface area contributed by atoms with Crippen LogP contribution in [0.2, 0.25) is 0 Å². The third kappa shape index (κ3) is 3.44. The number of halogens is 3. The normalized spacial score (nSPS) is 10.3. The van der Waals surface area contributed by atoms with Crippen LogP contribution in [0.25, 0.3) is 0 Å². The van der Waals surface area contributed by atoms with Crippen molar-refractivity contribution in [3.05, 3.63) is 55.8 Å². The summed E-state index contributed by atoms with van der Waals surface area (Å²) in [6.07, 6.45) is 0. The van der Waals surface area contributed by atoms with E-state index in [9.17, 15) is 14.3 Å². The molecule has 0 unspecified atom stereocenters. The molecular formula is C13H8BrFINO2. The molecule has 0 bridgehead atoms. The van der Waals surface area contributed by atoms with Crippen LogP contribution in [0.1, 0.15) is 10.4 Å². The van der Waals surface area contributed by atoms with Crippen LogP contribution in [0.4, 0.5) is 10.1 Å². The van der Waals surface area contributed by atoms with Gasteiger partial charge in [0, 0.05) is 11.3 Å². The summed E-state index contributed by atoms with van der Waals surface area (Å²) in [5, 5.41) is 12.1. The highest BCUT2D eigenvalue weighted by Gasteiger charge is 2.09. The number of aromatic hydroxyl groups is 1. The second-order valence-electron chi connectivity index (χ2n) is 3.75. The van der Waals surface area contributed by atoms with Crippen LogP contribution < -0.4 is 5.32 Å². The molecule has 0 radical (unpaired) electrons. The highest BCUT2D eigenvalue weighted by atomic mass is 127. The van der Waals surface area contributed by atoms with Gasteiger partial charge in [0.1, 0.15) is 11.6 Å². The fourth-order valence-corrected chi connectivity index (χ4v) is 2.01. The predicted octanol–water partition coefficient (Wildman–Crippen LogP) is 4.15. The minimum atomic E-state index is -0.455. The lowest BCUT2D eigenvalue weighted by atomic mass is 10.2.